The number of alkyl halides is 3. The van der Waals surface area contributed by atoms with Crippen molar-refractivity contribution in [2.75, 3.05) is 0 Å². The molecular formula is C7H8BF3N2O. The molecule has 3 nitrogen and oxygen atoms in total. The number of hydrogen-bond donors (Lipinski definition) is 2. The normalized spacial score (nSPS) is 13.3. The molecule has 2 N–H and O–H groups in total. The molecule has 7 heteroatoms. The van der Waals surface area contributed by atoms with Gasteiger partial charge in [-0.1, -0.05) is 0 Å². The van der Waals surface area contributed by atoms with Gasteiger partial charge in [0.25, 0.3) is 0 Å². The first-order valence-electron chi connectivity index (χ1n) is 3.78. The molecule has 0 aliphatic carbocycles. The van der Waals surface area contributed by atoms with Crippen LogP contribution < -0.4 is 5.59 Å². The Kier molecular flexibility index (Phi) is 2.39. The molecule has 0 fully saturated rings. The minimum absolute atomic E-state index is 0.273. The largest absolute Gasteiger partial charge is 0.435 e. The molecule has 0 atom stereocenters. The van der Waals surface area contributed by atoms with Crippen molar-refractivity contribution in [1.82, 2.24) is 10.2 Å². The van der Waals surface area contributed by atoms with Gasteiger partial charge in [-0.25, -0.2) is 0 Å². The van der Waals surface area contributed by atoms with Crippen LogP contribution in [0, 0.1) is 0 Å². The summed E-state index contributed by atoms with van der Waals surface area (Å²) in [6.07, 6.45) is -4.62. The molecule has 14 heavy (non-hydrogen) atoms. The number of nitrogens with zero attached hydrogens (tertiary/aromatic N) is 1. The molecule has 1 aromatic heterocycles. The van der Waals surface area contributed by atoms with Gasteiger partial charge in [-0.05, 0) is 19.4 Å². The van der Waals surface area contributed by atoms with E-state index in [2.05, 4.69) is 5.10 Å². The molecule has 0 spiro atoms. The molecule has 0 unspecified atom stereocenters. The quantitative estimate of drug-likeness (QED) is 0.652. The van der Waals surface area contributed by atoms with Crippen LogP contribution in [0.5, 0.6) is 0 Å². The maximum Gasteiger partial charge on any atom is 0.435 e. The Hall–Kier alpha value is -0.975. The summed E-state index contributed by atoms with van der Waals surface area (Å²) in [6.45, 7) is 2.42. The Morgan fingerprint density at radius 3 is 2.14 bits per heavy atom. The Morgan fingerprint density at radius 1 is 1.36 bits per heavy atom. The first-order chi connectivity index (χ1) is 6.14. The molecular weight excluding hydrogens is 196 g/mol. The monoisotopic (exact) mass is 204 g/mol. The average molecular weight is 204 g/mol. The van der Waals surface area contributed by atoms with E-state index in [1.807, 2.05) is 5.10 Å². The number of nitrogens with one attached hydrogen (secondary N) is 1. The summed E-state index contributed by atoms with van der Waals surface area (Å²) in [5.41, 5.74) is -3.56. The standard InChI is InChI=1S/C7H8BF3N2O/c1-6(2,14)3-4(7(9,10)11)12-13-5(3)8/h14H,1-2H3,(H,12,13). The summed E-state index contributed by atoms with van der Waals surface area (Å²) in [7, 11) is 5.25. The van der Waals surface area contributed by atoms with Gasteiger partial charge in [0, 0.05) is 5.56 Å². The van der Waals surface area contributed by atoms with E-state index in [1.54, 1.807) is 0 Å². The predicted molar refractivity (Wildman–Crippen MR) is 44.2 cm³/mol. The number of hydrogen-bond acceptors (Lipinski definition) is 2. The fourth-order valence-corrected chi connectivity index (χ4v) is 1.18. The summed E-state index contributed by atoms with van der Waals surface area (Å²) in [4.78, 5) is 0. The van der Waals surface area contributed by atoms with E-state index in [9.17, 15) is 18.3 Å². The lowest BCUT2D eigenvalue weighted by Gasteiger charge is -2.19. The van der Waals surface area contributed by atoms with Crippen molar-refractivity contribution in [3.63, 3.8) is 0 Å². The Labute approximate surface area is 79.7 Å². The molecule has 0 saturated carbocycles. The lowest BCUT2D eigenvalue weighted by Crippen LogP contribution is -2.28. The van der Waals surface area contributed by atoms with Gasteiger partial charge in [-0.2, -0.15) is 18.3 Å². The molecule has 0 saturated heterocycles. The summed E-state index contributed by atoms with van der Waals surface area (Å²) >= 11 is 0. The van der Waals surface area contributed by atoms with E-state index in [1.165, 1.54) is 13.8 Å². The number of H-pyrrole nitrogens is 1. The number of aromatic nitrogens is 2. The van der Waals surface area contributed by atoms with Crippen LogP contribution in [-0.4, -0.2) is 23.2 Å². The van der Waals surface area contributed by atoms with Crippen LogP contribution in [0.25, 0.3) is 0 Å². The van der Waals surface area contributed by atoms with Gasteiger partial charge in [0.2, 0.25) is 0 Å². The van der Waals surface area contributed by atoms with E-state index < -0.39 is 23.0 Å². The van der Waals surface area contributed by atoms with Crippen LogP contribution in [0.15, 0.2) is 0 Å². The van der Waals surface area contributed by atoms with Gasteiger partial charge >= 0.3 is 6.18 Å². The smallest absolute Gasteiger partial charge is 0.386 e. The van der Waals surface area contributed by atoms with E-state index in [0.717, 1.165) is 0 Å². The maximum absolute atomic E-state index is 12.3. The number of aliphatic hydroxyl groups is 1. The van der Waals surface area contributed by atoms with Crippen molar-refractivity contribution >= 4 is 13.4 Å². The van der Waals surface area contributed by atoms with Crippen molar-refractivity contribution in [2.45, 2.75) is 25.6 Å². The van der Waals surface area contributed by atoms with Gasteiger partial charge in [-0.3, -0.25) is 5.10 Å². The summed E-state index contributed by atoms with van der Waals surface area (Å²) in [5, 5.41) is 14.5. The maximum atomic E-state index is 12.3. The molecule has 1 heterocycles. The third-order valence-corrected chi connectivity index (χ3v) is 1.67. The van der Waals surface area contributed by atoms with E-state index >= 15 is 0 Å². The van der Waals surface area contributed by atoms with Crippen LogP contribution in [0.3, 0.4) is 0 Å². The molecule has 0 aliphatic heterocycles. The summed E-state index contributed by atoms with van der Waals surface area (Å²) in [6, 6.07) is 0. The Morgan fingerprint density at radius 2 is 1.86 bits per heavy atom. The van der Waals surface area contributed by atoms with Crippen LogP contribution in [0.4, 0.5) is 13.2 Å². The van der Waals surface area contributed by atoms with Crippen LogP contribution >= 0.6 is 0 Å². The molecule has 76 valence electrons. The zero-order valence-corrected chi connectivity index (χ0v) is 7.61. The molecule has 1 aromatic rings. The Bertz CT molecular complexity index is 340. The third-order valence-electron chi connectivity index (χ3n) is 1.67. The van der Waals surface area contributed by atoms with Crippen LogP contribution in [-0.2, 0) is 11.8 Å². The van der Waals surface area contributed by atoms with Crippen LogP contribution in [0.2, 0.25) is 0 Å². The zero-order chi connectivity index (χ0) is 11.1. The SMILES string of the molecule is [B]c1[nH]nc(C(F)(F)F)c1C(C)(C)O. The van der Waals surface area contributed by atoms with Gasteiger partial charge in [0.05, 0.1) is 5.60 Å². The van der Waals surface area contributed by atoms with E-state index in [0.29, 0.717) is 0 Å². The number of aromatic amines is 1. The first kappa shape index (κ1) is 11.1. The predicted octanol–water partition coefficient (Wildman–Crippen LogP) is 0.450. The van der Waals surface area contributed by atoms with Crippen LogP contribution in [0.1, 0.15) is 25.1 Å². The van der Waals surface area contributed by atoms with Crippen molar-refractivity contribution in [2.24, 2.45) is 0 Å². The van der Waals surface area contributed by atoms with Crippen molar-refractivity contribution in [3.05, 3.63) is 11.3 Å². The van der Waals surface area contributed by atoms with Gasteiger partial charge in [0.1, 0.15) is 7.85 Å². The highest BCUT2D eigenvalue weighted by molar-refractivity contribution is 6.31. The fourth-order valence-electron chi connectivity index (χ4n) is 1.18. The molecule has 0 bridgehead atoms. The minimum Gasteiger partial charge on any atom is -0.386 e. The highest BCUT2D eigenvalue weighted by Crippen LogP contribution is 2.33. The Balaban J connectivity index is 3.35. The highest BCUT2D eigenvalue weighted by Gasteiger charge is 2.41. The lowest BCUT2D eigenvalue weighted by atomic mass is 9.87. The molecule has 2 radical (unpaired) electrons. The number of halogens is 3. The van der Waals surface area contributed by atoms with E-state index in [-0.39, 0.29) is 5.59 Å². The molecule has 0 aromatic carbocycles. The van der Waals surface area contributed by atoms with Crippen molar-refractivity contribution in [3.8, 4) is 0 Å². The van der Waals surface area contributed by atoms with E-state index in [4.69, 9.17) is 7.85 Å². The zero-order valence-electron chi connectivity index (χ0n) is 7.61. The third kappa shape index (κ3) is 1.92. The van der Waals surface area contributed by atoms with Gasteiger partial charge in [-0.15, -0.1) is 0 Å². The summed E-state index contributed by atoms with van der Waals surface area (Å²) in [5.74, 6) is 0. The second-order valence-electron chi connectivity index (χ2n) is 3.42. The van der Waals surface area contributed by atoms with Gasteiger partial charge < -0.3 is 5.11 Å². The minimum atomic E-state index is -4.62. The molecule has 0 amide bonds. The lowest BCUT2D eigenvalue weighted by molar-refractivity contribution is -0.143. The molecule has 0 aliphatic rings. The second kappa shape index (κ2) is 3.01. The van der Waals surface area contributed by atoms with Crippen molar-refractivity contribution in [1.29, 1.82) is 0 Å². The first-order valence-corrected chi connectivity index (χ1v) is 3.78. The fraction of sp³-hybridized carbons (Fsp3) is 0.571. The topological polar surface area (TPSA) is 48.9 Å². The number of rotatable bonds is 1. The second-order valence-corrected chi connectivity index (χ2v) is 3.42. The highest BCUT2D eigenvalue weighted by atomic mass is 19.4. The molecule has 1 rings (SSSR count). The van der Waals surface area contributed by atoms with Crippen molar-refractivity contribution < 1.29 is 18.3 Å². The summed E-state index contributed by atoms with van der Waals surface area (Å²) < 4.78 is 37.0. The average Bonchev–Trinajstić information content (AvgIpc) is 2.27. The van der Waals surface area contributed by atoms with Gasteiger partial charge in [0.15, 0.2) is 5.69 Å².